The number of aryl methyl sites for hydroxylation is 1. The molecule has 1 aromatic carbocycles. The maximum Gasteiger partial charge on any atom is 0.198 e. The van der Waals surface area contributed by atoms with Crippen LogP contribution in [0.15, 0.2) is 45.9 Å². The van der Waals surface area contributed by atoms with Crippen molar-refractivity contribution in [3.05, 3.63) is 53.5 Å². The molecular weight excluding hydrogens is 300 g/mol. The van der Waals surface area contributed by atoms with Crippen LogP contribution in [0.3, 0.4) is 0 Å². The smallest absolute Gasteiger partial charge is 0.198 e. The lowest BCUT2D eigenvalue weighted by molar-refractivity contribution is -0.140. The van der Waals surface area contributed by atoms with Crippen LogP contribution in [0, 0.1) is 6.92 Å². The number of hydrogen-bond acceptors (Lipinski definition) is 4. The first-order valence-electron chi connectivity index (χ1n) is 8.97. The molecule has 1 spiro atoms. The maximum atomic E-state index is 6.55. The molecule has 1 aromatic heterocycles. The first kappa shape index (κ1) is 14.1. The van der Waals surface area contributed by atoms with Gasteiger partial charge in [0.25, 0.3) is 0 Å². The molecular formula is C20H22N2O2. The molecule has 124 valence electrons. The van der Waals surface area contributed by atoms with Crippen molar-refractivity contribution in [2.45, 2.75) is 57.2 Å². The highest BCUT2D eigenvalue weighted by atomic mass is 16.5. The average Bonchev–Trinajstić information content (AvgIpc) is 3.23. The van der Waals surface area contributed by atoms with Crippen molar-refractivity contribution < 1.29 is 9.15 Å². The van der Waals surface area contributed by atoms with E-state index in [0.717, 1.165) is 42.2 Å². The Bertz CT molecular complexity index is 801. The average molecular weight is 322 g/mol. The van der Waals surface area contributed by atoms with Gasteiger partial charge in [-0.25, -0.2) is 5.01 Å². The molecule has 2 aromatic rings. The molecule has 0 radical (unpaired) electrons. The van der Waals surface area contributed by atoms with Gasteiger partial charge >= 0.3 is 0 Å². The Morgan fingerprint density at radius 2 is 1.92 bits per heavy atom. The van der Waals surface area contributed by atoms with Crippen molar-refractivity contribution >= 4 is 5.71 Å². The first-order valence-corrected chi connectivity index (χ1v) is 8.97. The van der Waals surface area contributed by atoms with Crippen LogP contribution in [0.1, 0.15) is 61.7 Å². The van der Waals surface area contributed by atoms with Crippen LogP contribution in [0.5, 0.6) is 5.75 Å². The van der Waals surface area contributed by atoms with Crippen LogP contribution in [-0.2, 0) is 0 Å². The van der Waals surface area contributed by atoms with E-state index >= 15 is 0 Å². The number of benzene rings is 1. The van der Waals surface area contributed by atoms with Gasteiger partial charge in [-0.05, 0) is 38.0 Å². The van der Waals surface area contributed by atoms with E-state index in [0.29, 0.717) is 0 Å². The topological polar surface area (TPSA) is 38.0 Å². The Morgan fingerprint density at radius 1 is 1.08 bits per heavy atom. The van der Waals surface area contributed by atoms with Crippen LogP contribution >= 0.6 is 0 Å². The molecule has 3 aliphatic rings. The van der Waals surface area contributed by atoms with Crippen molar-refractivity contribution in [1.29, 1.82) is 0 Å². The molecule has 5 rings (SSSR count). The maximum absolute atomic E-state index is 6.55. The molecule has 24 heavy (non-hydrogen) atoms. The zero-order valence-corrected chi connectivity index (χ0v) is 14.0. The van der Waals surface area contributed by atoms with E-state index in [2.05, 4.69) is 29.3 Å². The van der Waals surface area contributed by atoms with Gasteiger partial charge in [-0.1, -0.05) is 24.6 Å². The molecule has 0 bridgehead atoms. The van der Waals surface area contributed by atoms with Crippen molar-refractivity contribution in [1.82, 2.24) is 5.01 Å². The number of para-hydroxylation sites is 1. The minimum absolute atomic E-state index is 0.258. The van der Waals surface area contributed by atoms with E-state index in [4.69, 9.17) is 14.3 Å². The summed E-state index contributed by atoms with van der Waals surface area (Å²) in [6.07, 6.45) is 6.68. The standard InChI is InChI=1S/C20H22N2O2/c1-14-9-10-19(23-14)16-13-17-15-7-3-4-8-18(15)24-20(22(17)21-16)11-5-2-6-12-20/h3-4,7-10,17H,2,5-6,11-13H2,1H3. The number of rotatable bonds is 1. The number of furan rings is 1. The van der Waals surface area contributed by atoms with E-state index in [1.807, 2.05) is 19.1 Å². The lowest BCUT2D eigenvalue weighted by atomic mass is 9.87. The fourth-order valence-electron chi connectivity index (χ4n) is 4.40. The predicted octanol–water partition coefficient (Wildman–Crippen LogP) is 4.79. The zero-order chi connectivity index (χ0) is 16.1. The molecule has 4 nitrogen and oxygen atoms in total. The van der Waals surface area contributed by atoms with Gasteiger partial charge in [-0.2, -0.15) is 5.10 Å². The molecule has 0 saturated heterocycles. The molecule has 1 saturated carbocycles. The third kappa shape index (κ3) is 2.02. The number of nitrogens with zero attached hydrogens (tertiary/aromatic N) is 2. The molecule has 1 unspecified atom stereocenters. The Hall–Kier alpha value is -2.23. The summed E-state index contributed by atoms with van der Waals surface area (Å²) in [6, 6.07) is 12.7. The van der Waals surface area contributed by atoms with E-state index in [1.165, 1.54) is 24.8 Å². The molecule has 2 aliphatic heterocycles. The lowest BCUT2D eigenvalue weighted by Crippen LogP contribution is -2.54. The third-order valence-corrected chi connectivity index (χ3v) is 5.57. The monoisotopic (exact) mass is 322 g/mol. The third-order valence-electron chi connectivity index (χ3n) is 5.57. The van der Waals surface area contributed by atoms with Gasteiger partial charge in [-0.15, -0.1) is 0 Å². The van der Waals surface area contributed by atoms with Crippen molar-refractivity contribution in [3.63, 3.8) is 0 Å². The van der Waals surface area contributed by atoms with Gasteiger partial charge in [0.1, 0.15) is 23.0 Å². The van der Waals surface area contributed by atoms with E-state index in [9.17, 15) is 0 Å². The lowest BCUT2D eigenvalue weighted by Gasteiger charge is -2.49. The number of hydrazone groups is 1. The normalized spacial score (nSPS) is 24.3. The fraction of sp³-hybridized carbons (Fsp3) is 0.450. The molecule has 4 heteroatoms. The van der Waals surface area contributed by atoms with Crippen LogP contribution in [-0.4, -0.2) is 16.4 Å². The van der Waals surface area contributed by atoms with Crippen LogP contribution in [0.4, 0.5) is 0 Å². The van der Waals surface area contributed by atoms with Gasteiger partial charge in [0.2, 0.25) is 0 Å². The first-order chi connectivity index (χ1) is 11.8. The summed E-state index contributed by atoms with van der Waals surface area (Å²) in [4.78, 5) is 0. The van der Waals surface area contributed by atoms with Crippen LogP contribution < -0.4 is 4.74 Å². The molecule has 1 aliphatic carbocycles. The van der Waals surface area contributed by atoms with E-state index < -0.39 is 0 Å². The van der Waals surface area contributed by atoms with Gasteiger partial charge in [0.15, 0.2) is 5.72 Å². The van der Waals surface area contributed by atoms with Crippen molar-refractivity contribution in [2.24, 2.45) is 5.10 Å². The Labute approximate surface area is 142 Å². The summed E-state index contributed by atoms with van der Waals surface area (Å²) in [6.45, 7) is 1.98. The van der Waals surface area contributed by atoms with Gasteiger partial charge in [0, 0.05) is 24.8 Å². The number of ether oxygens (including phenoxy) is 1. The minimum atomic E-state index is -0.277. The second-order valence-corrected chi connectivity index (χ2v) is 7.17. The molecule has 0 N–H and O–H groups in total. The largest absolute Gasteiger partial charge is 0.466 e. The highest BCUT2D eigenvalue weighted by Crippen LogP contribution is 2.51. The summed E-state index contributed by atoms with van der Waals surface area (Å²) in [5.41, 5.74) is 2.01. The van der Waals surface area contributed by atoms with E-state index in [-0.39, 0.29) is 11.8 Å². The quantitative estimate of drug-likeness (QED) is 0.757. The van der Waals surface area contributed by atoms with Crippen molar-refractivity contribution in [3.8, 4) is 5.75 Å². The Balaban J connectivity index is 1.60. The fourth-order valence-corrected chi connectivity index (χ4v) is 4.40. The molecule has 0 amide bonds. The number of fused-ring (bicyclic) bond motifs is 4. The predicted molar refractivity (Wildman–Crippen MR) is 92.1 cm³/mol. The molecule has 1 atom stereocenters. The summed E-state index contributed by atoms with van der Waals surface area (Å²) in [7, 11) is 0. The Kier molecular flexibility index (Phi) is 3.02. The van der Waals surface area contributed by atoms with Crippen LogP contribution in [0.2, 0.25) is 0 Å². The second kappa shape index (κ2) is 5.13. The van der Waals surface area contributed by atoms with Gasteiger partial charge < -0.3 is 9.15 Å². The van der Waals surface area contributed by atoms with E-state index in [1.54, 1.807) is 0 Å². The Morgan fingerprint density at radius 3 is 2.71 bits per heavy atom. The number of hydrogen-bond donors (Lipinski definition) is 0. The zero-order valence-electron chi connectivity index (χ0n) is 14.0. The molecule has 1 fully saturated rings. The second-order valence-electron chi connectivity index (χ2n) is 7.17. The SMILES string of the molecule is Cc1ccc(C2=NN3C(C2)c2ccccc2OC32CCCCC2)o1. The summed E-state index contributed by atoms with van der Waals surface area (Å²) >= 11 is 0. The summed E-state index contributed by atoms with van der Waals surface area (Å²) < 4.78 is 12.4. The summed E-state index contributed by atoms with van der Waals surface area (Å²) in [5.74, 6) is 2.86. The van der Waals surface area contributed by atoms with Crippen molar-refractivity contribution in [2.75, 3.05) is 0 Å². The molecule has 3 heterocycles. The summed E-state index contributed by atoms with van der Waals surface area (Å²) in [5, 5.41) is 7.25. The highest BCUT2D eigenvalue weighted by molar-refractivity contribution is 5.99. The minimum Gasteiger partial charge on any atom is -0.466 e. The highest BCUT2D eigenvalue weighted by Gasteiger charge is 2.50. The van der Waals surface area contributed by atoms with Crippen LogP contribution in [0.25, 0.3) is 0 Å². The van der Waals surface area contributed by atoms with Gasteiger partial charge in [-0.3, -0.25) is 0 Å². The van der Waals surface area contributed by atoms with Gasteiger partial charge in [0.05, 0.1) is 6.04 Å².